The zero-order chi connectivity index (χ0) is 28.9. The van der Waals surface area contributed by atoms with Crippen molar-refractivity contribution in [3.05, 3.63) is 93.3 Å². The molecule has 1 amide bonds. The van der Waals surface area contributed by atoms with Gasteiger partial charge in [-0.3, -0.25) is 4.79 Å². The van der Waals surface area contributed by atoms with Crippen molar-refractivity contribution in [1.29, 1.82) is 0 Å². The van der Waals surface area contributed by atoms with Crippen molar-refractivity contribution in [3.63, 3.8) is 0 Å². The van der Waals surface area contributed by atoms with Gasteiger partial charge in [-0.25, -0.2) is 8.42 Å². The van der Waals surface area contributed by atoms with Crippen molar-refractivity contribution in [2.45, 2.75) is 36.6 Å². The first-order chi connectivity index (χ1) is 19.6. The molecule has 1 fully saturated rings. The maximum Gasteiger partial charge on any atom is 0.257 e. The minimum Gasteiger partial charge on any atom is -0.338 e. The van der Waals surface area contributed by atoms with Crippen LogP contribution in [0.25, 0.3) is 22.4 Å². The number of hydrogen-bond acceptors (Lipinski definition) is 6. The van der Waals surface area contributed by atoms with Gasteiger partial charge in [-0.05, 0) is 73.5 Å². The Labute approximate surface area is 251 Å². The van der Waals surface area contributed by atoms with Crippen molar-refractivity contribution in [2.75, 3.05) is 11.1 Å². The molecule has 0 spiro atoms. The lowest BCUT2D eigenvalue weighted by Gasteiger charge is -2.17. The van der Waals surface area contributed by atoms with Crippen molar-refractivity contribution in [2.24, 2.45) is 0 Å². The number of nitrogens with one attached hydrogen (secondary N) is 1. The third kappa shape index (κ3) is 5.23. The third-order valence-electron chi connectivity index (χ3n) is 7.30. The molecule has 2 heterocycles. The Bertz CT molecular complexity index is 1890. The predicted octanol–water partition coefficient (Wildman–Crippen LogP) is 7.16. The zero-order valence-corrected chi connectivity index (χ0v) is 24.8. The third-order valence-corrected chi connectivity index (χ3v) is 9.88. The first kappa shape index (κ1) is 27.8. The summed E-state index contributed by atoms with van der Waals surface area (Å²) in [7, 11) is -3.32. The van der Waals surface area contributed by atoms with Crippen LogP contribution in [0.3, 0.4) is 0 Å². The summed E-state index contributed by atoms with van der Waals surface area (Å²) in [5.41, 5.74) is 2.07. The van der Waals surface area contributed by atoms with Crippen LogP contribution in [0.1, 0.15) is 31.2 Å². The molecule has 6 rings (SSSR count). The fourth-order valence-corrected chi connectivity index (χ4v) is 6.86. The highest BCUT2D eigenvalue weighted by atomic mass is 35.5. The van der Waals surface area contributed by atoms with E-state index in [0.29, 0.717) is 38.0 Å². The number of aromatic nitrogens is 3. The summed E-state index contributed by atoms with van der Waals surface area (Å²) in [6.45, 7) is 1.62. The quantitative estimate of drug-likeness (QED) is 0.195. The second-order valence-electron chi connectivity index (χ2n) is 9.94. The molecule has 210 valence electrons. The van der Waals surface area contributed by atoms with Gasteiger partial charge in [-0.15, -0.1) is 0 Å². The molecule has 0 unspecified atom stereocenters. The van der Waals surface area contributed by atoms with E-state index < -0.39 is 15.3 Å². The number of carbonyl (C=O) groups excluding carboxylic acids is 1. The monoisotopic (exact) mass is 628 g/mol. The Morgan fingerprint density at radius 3 is 2.39 bits per heavy atom. The lowest BCUT2D eigenvalue weighted by atomic mass is 9.94. The van der Waals surface area contributed by atoms with Crippen LogP contribution in [0.4, 0.5) is 5.69 Å². The normalized spacial score (nSPS) is 14.3. The smallest absolute Gasteiger partial charge is 0.257 e. The Morgan fingerprint density at radius 1 is 1.02 bits per heavy atom. The SMILES string of the molecule is CCS(=O)(=O)c1ccc2c(ccn2CC(=O)Nc2cc(Cl)c(C3(c4noc(-c5ccc(Cl)cc5)n4)CC3)c(Cl)c2)c1. The van der Waals surface area contributed by atoms with Gasteiger partial charge in [0.25, 0.3) is 5.89 Å². The van der Waals surface area contributed by atoms with Crippen molar-refractivity contribution in [3.8, 4) is 11.5 Å². The molecule has 8 nitrogen and oxygen atoms in total. The van der Waals surface area contributed by atoms with Crippen LogP contribution in [-0.4, -0.2) is 34.8 Å². The summed E-state index contributed by atoms with van der Waals surface area (Å²) in [6.07, 6.45) is 3.25. The van der Waals surface area contributed by atoms with Crippen LogP contribution < -0.4 is 5.32 Å². The first-order valence-electron chi connectivity index (χ1n) is 12.8. The standard InChI is InChI=1S/C29H23Cl3N4O4S/c1-2-41(38,39)21-7-8-24-18(13-21)9-12-36(24)16-25(37)33-20-14-22(31)26(23(32)15-20)29(10-11-29)28-34-27(40-35-28)17-3-5-19(30)6-4-17/h3-9,12-15H,2,10-11,16H2,1H3,(H,33,37). The molecule has 12 heteroatoms. The molecule has 2 aromatic heterocycles. The van der Waals surface area contributed by atoms with E-state index in [0.717, 1.165) is 29.3 Å². The number of benzene rings is 3. The van der Waals surface area contributed by atoms with Crippen LogP contribution >= 0.6 is 34.8 Å². The molecule has 0 aliphatic heterocycles. The van der Waals surface area contributed by atoms with E-state index in [2.05, 4.69) is 15.5 Å². The fourth-order valence-electron chi connectivity index (χ4n) is 4.97. The molecule has 1 aliphatic rings. The predicted molar refractivity (Wildman–Crippen MR) is 160 cm³/mol. The number of sulfone groups is 1. The summed E-state index contributed by atoms with van der Waals surface area (Å²) in [5, 5.41) is 9.20. The van der Waals surface area contributed by atoms with Crippen LogP contribution in [0, 0.1) is 0 Å². The van der Waals surface area contributed by atoms with Gasteiger partial charge < -0.3 is 14.4 Å². The van der Waals surface area contributed by atoms with Gasteiger partial charge in [0.05, 0.1) is 16.1 Å². The van der Waals surface area contributed by atoms with Crippen molar-refractivity contribution >= 4 is 67.1 Å². The number of amides is 1. The molecular formula is C29H23Cl3N4O4S. The average Bonchev–Trinajstić information content (AvgIpc) is 3.38. The summed E-state index contributed by atoms with van der Waals surface area (Å²) in [6, 6.07) is 17.1. The Kier molecular flexibility index (Phi) is 7.10. The molecule has 1 saturated carbocycles. The second-order valence-corrected chi connectivity index (χ2v) is 13.5. The molecule has 0 radical (unpaired) electrons. The van der Waals surface area contributed by atoms with Gasteiger partial charge in [0.1, 0.15) is 6.54 Å². The van der Waals surface area contributed by atoms with E-state index in [-0.39, 0.29) is 23.1 Å². The molecule has 41 heavy (non-hydrogen) atoms. The Balaban J connectivity index is 1.20. The van der Waals surface area contributed by atoms with Gasteiger partial charge in [0.2, 0.25) is 5.91 Å². The highest BCUT2D eigenvalue weighted by Gasteiger charge is 2.52. The first-order valence-corrected chi connectivity index (χ1v) is 15.6. The van der Waals surface area contributed by atoms with Gasteiger partial charge in [0, 0.05) is 49.0 Å². The number of fused-ring (bicyclic) bond motifs is 1. The highest BCUT2D eigenvalue weighted by molar-refractivity contribution is 7.91. The van der Waals surface area contributed by atoms with Gasteiger partial charge in [0.15, 0.2) is 15.7 Å². The summed E-state index contributed by atoms with van der Waals surface area (Å²) >= 11 is 19.4. The number of nitrogens with zero attached hydrogens (tertiary/aromatic N) is 3. The van der Waals surface area contributed by atoms with Gasteiger partial charge in [-0.2, -0.15) is 4.98 Å². The van der Waals surface area contributed by atoms with Crippen LogP contribution in [0.2, 0.25) is 15.1 Å². The zero-order valence-electron chi connectivity index (χ0n) is 21.7. The maximum absolute atomic E-state index is 12.9. The molecular weight excluding hydrogens is 607 g/mol. The van der Waals surface area contributed by atoms with Crippen molar-refractivity contribution in [1.82, 2.24) is 14.7 Å². The molecule has 5 aromatic rings. The minimum atomic E-state index is -3.32. The molecule has 3 aromatic carbocycles. The number of hydrogen-bond donors (Lipinski definition) is 1. The van der Waals surface area contributed by atoms with E-state index >= 15 is 0 Å². The van der Waals surface area contributed by atoms with E-state index in [1.807, 2.05) is 0 Å². The summed E-state index contributed by atoms with van der Waals surface area (Å²) < 4.78 is 31.7. The highest BCUT2D eigenvalue weighted by Crippen LogP contribution is 2.57. The van der Waals surface area contributed by atoms with Crippen LogP contribution in [0.15, 0.2) is 76.3 Å². The average molecular weight is 630 g/mol. The van der Waals surface area contributed by atoms with E-state index in [4.69, 9.17) is 39.3 Å². The van der Waals surface area contributed by atoms with E-state index in [9.17, 15) is 13.2 Å². The maximum atomic E-state index is 12.9. The Morgan fingerprint density at radius 2 is 1.73 bits per heavy atom. The molecule has 0 saturated heterocycles. The largest absolute Gasteiger partial charge is 0.338 e. The molecule has 1 N–H and O–H groups in total. The molecule has 1 aliphatic carbocycles. The van der Waals surface area contributed by atoms with Crippen LogP contribution in [-0.2, 0) is 26.6 Å². The topological polar surface area (TPSA) is 107 Å². The molecule has 0 atom stereocenters. The minimum absolute atomic E-state index is 0.0145. The Hall–Kier alpha value is -3.37. The van der Waals surface area contributed by atoms with Crippen molar-refractivity contribution < 1.29 is 17.7 Å². The summed E-state index contributed by atoms with van der Waals surface area (Å²) in [4.78, 5) is 17.8. The number of halogens is 3. The second kappa shape index (κ2) is 10.5. The van der Waals surface area contributed by atoms with Crippen LogP contribution in [0.5, 0.6) is 0 Å². The van der Waals surface area contributed by atoms with E-state index in [1.54, 1.807) is 78.4 Å². The summed E-state index contributed by atoms with van der Waals surface area (Å²) in [5.74, 6) is 0.600. The number of carbonyl (C=O) groups is 1. The number of anilines is 1. The van der Waals surface area contributed by atoms with Gasteiger partial charge in [-0.1, -0.05) is 46.9 Å². The molecule has 0 bridgehead atoms. The fraction of sp³-hybridized carbons (Fsp3) is 0.207. The van der Waals surface area contributed by atoms with Gasteiger partial charge >= 0.3 is 0 Å². The van der Waals surface area contributed by atoms with E-state index in [1.165, 1.54) is 0 Å². The lowest BCUT2D eigenvalue weighted by Crippen LogP contribution is -2.19. The lowest BCUT2D eigenvalue weighted by molar-refractivity contribution is -0.116. The number of rotatable bonds is 8.